The van der Waals surface area contributed by atoms with Gasteiger partial charge in [-0.05, 0) is 22.0 Å². The molecule has 1 unspecified atom stereocenters. The van der Waals surface area contributed by atoms with Gasteiger partial charge in [0.15, 0.2) is 5.06 Å². The highest BCUT2D eigenvalue weighted by atomic mass is 79.9. The fraction of sp³-hybridized carbons (Fsp3) is 0.500. The smallest absolute Gasteiger partial charge is 0.188 e. The lowest BCUT2D eigenvalue weighted by Crippen LogP contribution is -2.07. The number of halogens is 1. The van der Waals surface area contributed by atoms with Crippen LogP contribution in [0.5, 0.6) is 5.06 Å². The third-order valence-corrected chi connectivity index (χ3v) is 3.87. The predicted molar refractivity (Wildman–Crippen MR) is 57.1 cm³/mol. The number of thiophene rings is 1. The number of ether oxygens (including phenoxy) is 1. The average molecular weight is 266 g/mol. The quantitative estimate of drug-likeness (QED) is 0.851. The molecule has 0 bridgehead atoms. The highest BCUT2D eigenvalue weighted by molar-refractivity contribution is 9.10. The van der Waals surface area contributed by atoms with Gasteiger partial charge in [0.25, 0.3) is 0 Å². The van der Waals surface area contributed by atoms with Crippen LogP contribution in [0.4, 0.5) is 0 Å². The molecule has 0 spiro atoms. The molecule has 3 nitrogen and oxygen atoms in total. The van der Waals surface area contributed by atoms with Gasteiger partial charge >= 0.3 is 0 Å². The third-order valence-electron chi connectivity index (χ3n) is 1.69. The summed E-state index contributed by atoms with van der Waals surface area (Å²) in [7, 11) is 1.66. The summed E-state index contributed by atoms with van der Waals surface area (Å²) < 4.78 is 6.14. The van der Waals surface area contributed by atoms with Crippen molar-refractivity contribution in [2.45, 2.75) is 12.8 Å². The Bertz CT molecular complexity index is 277. The zero-order chi connectivity index (χ0) is 9.84. The van der Waals surface area contributed by atoms with Gasteiger partial charge in [-0.2, -0.15) is 0 Å². The van der Waals surface area contributed by atoms with Crippen molar-refractivity contribution < 1.29 is 9.57 Å². The standard InChI is InChI=1S/C8H12BrNO2S/c1-5(4-12-10)7-3-6(9)8(11-2)13-7/h3,5H,4,10H2,1-2H3. The fourth-order valence-corrected chi connectivity index (χ4v) is 2.68. The fourth-order valence-electron chi connectivity index (χ4n) is 0.978. The Kier molecular flexibility index (Phi) is 4.18. The average Bonchev–Trinajstić information content (AvgIpc) is 2.47. The maximum absolute atomic E-state index is 5.15. The van der Waals surface area contributed by atoms with Crippen molar-refractivity contribution in [3.05, 3.63) is 15.4 Å². The van der Waals surface area contributed by atoms with E-state index in [1.807, 2.05) is 6.07 Å². The Morgan fingerprint density at radius 2 is 2.38 bits per heavy atom. The Hall–Kier alpha value is -0.100. The minimum atomic E-state index is 0.301. The first-order valence-electron chi connectivity index (χ1n) is 3.84. The Balaban J connectivity index is 2.77. The van der Waals surface area contributed by atoms with Crippen LogP contribution in [0.15, 0.2) is 10.5 Å². The number of methoxy groups -OCH3 is 1. The van der Waals surface area contributed by atoms with Crippen LogP contribution in [0.3, 0.4) is 0 Å². The van der Waals surface area contributed by atoms with E-state index >= 15 is 0 Å². The van der Waals surface area contributed by atoms with E-state index in [2.05, 4.69) is 27.7 Å². The molecule has 0 aliphatic carbocycles. The van der Waals surface area contributed by atoms with Crippen LogP contribution in [-0.4, -0.2) is 13.7 Å². The van der Waals surface area contributed by atoms with Crippen LogP contribution in [0.1, 0.15) is 17.7 Å². The molecule has 0 aliphatic heterocycles. The first-order chi connectivity index (χ1) is 6.19. The summed E-state index contributed by atoms with van der Waals surface area (Å²) in [5, 5.41) is 0.888. The van der Waals surface area contributed by atoms with E-state index in [1.165, 1.54) is 4.88 Å². The zero-order valence-electron chi connectivity index (χ0n) is 7.54. The Morgan fingerprint density at radius 3 is 2.85 bits per heavy atom. The molecule has 1 heterocycles. The molecule has 1 aromatic heterocycles. The first kappa shape index (κ1) is 11.0. The van der Waals surface area contributed by atoms with E-state index < -0.39 is 0 Å². The van der Waals surface area contributed by atoms with E-state index in [4.69, 9.17) is 10.6 Å². The van der Waals surface area contributed by atoms with Crippen molar-refractivity contribution in [2.75, 3.05) is 13.7 Å². The van der Waals surface area contributed by atoms with Crippen LogP contribution >= 0.6 is 27.3 Å². The molecule has 2 N–H and O–H groups in total. The van der Waals surface area contributed by atoms with E-state index in [-0.39, 0.29) is 0 Å². The highest BCUT2D eigenvalue weighted by Gasteiger charge is 2.12. The van der Waals surface area contributed by atoms with Crippen molar-refractivity contribution in [2.24, 2.45) is 5.90 Å². The molecule has 74 valence electrons. The minimum Gasteiger partial charge on any atom is -0.486 e. The van der Waals surface area contributed by atoms with Gasteiger partial charge in [-0.25, -0.2) is 5.90 Å². The second-order valence-corrected chi connectivity index (χ2v) is 4.62. The molecule has 0 saturated carbocycles. The lowest BCUT2D eigenvalue weighted by Gasteiger charge is -2.05. The number of rotatable bonds is 4. The molecule has 1 atom stereocenters. The van der Waals surface area contributed by atoms with Crippen molar-refractivity contribution in [1.29, 1.82) is 0 Å². The summed E-state index contributed by atoms with van der Waals surface area (Å²) in [6.45, 7) is 2.58. The molecule has 0 fully saturated rings. The Labute approximate surface area is 89.9 Å². The van der Waals surface area contributed by atoms with E-state index in [0.717, 1.165) is 9.54 Å². The molecular formula is C8H12BrNO2S. The molecule has 0 radical (unpaired) electrons. The minimum absolute atomic E-state index is 0.301. The molecular weight excluding hydrogens is 254 g/mol. The number of nitrogens with two attached hydrogens (primary N) is 1. The monoisotopic (exact) mass is 265 g/mol. The van der Waals surface area contributed by atoms with Crippen molar-refractivity contribution in [1.82, 2.24) is 0 Å². The van der Waals surface area contributed by atoms with Crippen LogP contribution in [0.2, 0.25) is 0 Å². The van der Waals surface area contributed by atoms with E-state index in [0.29, 0.717) is 12.5 Å². The lowest BCUT2D eigenvalue weighted by atomic mass is 10.1. The molecule has 1 rings (SSSR count). The van der Waals surface area contributed by atoms with Gasteiger partial charge < -0.3 is 9.57 Å². The molecule has 5 heteroatoms. The van der Waals surface area contributed by atoms with Crippen LogP contribution in [0, 0.1) is 0 Å². The highest BCUT2D eigenvalue weighted by Crippen LogP contribution is 2.37. The third kappa shape index (κ3) is 2.67. The van der Waals surface area contributed by atoms with Crippen LogP contribution in [0.25, 0.3) is 0 Å². The molecule has 1 aromatic rings. The van der Waals surface area contributed by atoms with Crippen LogP contribution < -0.4 is 10.6 Å². The molecule has 13 heavy (non-hydrogen) atoms. The topological polar surface area (TPSA) is 44.5 Å². The van der Waals surface area contributed by atoms with E-state index in [9.17, 15) is 0 Å². The van der Waals surface area contributed by atoms with Crippen LogP contribution in [-0.2, 0) is 4.84 Å². The summed E-state index contributed by atoms with van der Waals surface area (Å²) in [4.78, 5) is 5.79. The van der Waals surface area contributed by atoms with Gasteiger partial charge in [-0.1, -0.05) is 6.92 Å². The second-order valence-electron chi connectivity index (χ2n) is 2.72. The molecule has 0 amide bonds. The second kappa shape index (κ2) is 4.95. The maximum Gasteiger partial charge on any atom is 0.188 e. The molecule has 0 aromatic carbocycles. The number of hydrogen-bond acceptors (Lipinski definition) is 4. The summed E-state index contributed by atoms with van der Waals surface area (Å²) >= 11 is 5.01. The predicted octanol–water partition coefficient (Wildman–Crippen LogP) is 2.51. The first-order valence-corrected chi connectivity index (χ1v) is 5.45. The van der Waals surface area contributed by atoms with Gasteiger partial charge in [-0.15, -0.1) is 11.3 Å². The van der Waals surface area contributed by atoms with E-state index in [1.54, 1.807) is 18.4 Å². The zero-order valence-corrected chi connectivity index (χ0v) is 9.94. The summed E-state index contributed by atoms with van der Waals surface area (Å²) in [6.07, 6.45) is 0. The maximum atomic E-state index is 5.15. The van der Waals surface area contributed by atoms with Gasteiger partial charge in [0.05, 0.1) is 18.2 Å². The van der Waals surface area contributed by atoms with Gasteiger partial charge in [0.1, 0.15) is 0 Å². The summed E-state index contributed by atoms with van der Waals surface area (Å²) in [5.74, 6) is 5.31. The summed E-state index contributed by atoms with van der Waals surface area (Å²) in [5.41, 5.74) is 0. The van der Waals surface area contributed by atoms with Crippen molar-refractivity contribution in [3.63, 3.8) is 0 Å². The normalized spacial score (nSPS) is 12.9. The molecule has 0 saturated heterocycles. The van der Waals surface area contributed by atoms with Crippen molar-refractivity contribution >= 4 is 27.3 Å². The molecule has 0 aliphatic rings. The van der Waals surface area contributed by atoms with Gasteiger partial charge in [-0.3, -0.25) is 0 Å². The SMILES string of the molecule is COc1sc(C(C)CON)cc1Br. The Morgan fingerprint density at radius 1 is 1.69 bits per heavy atom. The summed E-state index contributed by atoms with van der Waals surface area (Å²) in [6, 6.07) is 2.03. The largest absolute Gasteiger partial charge is 0.486 e. The number of hydrogen-bond donors (Lipinski definition) is 1. The van der Waals surface area contributed by atoms with Gasteiger partial charge in [0.2, 0.25) is 0 Å². The lowest BCUT2D eigenvalue weighted by molar-refractivity contribution is 0.127. The van der Waals surface area contributed by atoms with Crippen molar-refractivity contribution in [3.8, 4) is 5.06 Å². The van der Waals surface area contributed by atoms with Gasteiger partial charge in [0, 0.05) is 10.8 Å².